The van der Waals surface area contributed by atoms with Crippen LogP contribution in [-0.2, 0) is 16.0 Å². The first-order chi connectivity index (χ1) is 8.02. The van der Waals surface area contributed by atoms with Crippen LogP contribution in [0.5, 0.6) is 5.75 Å². The Labute approximate surface area is 105 Å². The van der Waals surface area contributed by atoms with Crippen LogP contribution in [0.1, 0.15) is 12.5 Å². The van der Waals surface area contributed by atoms with Gasteiger partial charge in [0.15, 0.2) is 0 Å². The van der Waals surface area contributed by atoms with Crippen molar-refractivity contribution in [2.75, 3.05) is 7.11 Å². The topological polar surface area (TPSA) is 55.4 Å². The number of carbonyl (C=O) groups is 2. The van der Waals surface area contributed by atoms with E-state index in [2.05, 4.69) is 5.32 Å². The van der Waals surface area contributed by atoms with E-state index in [4.69, 9.17) is 16.3 Å². The molecule has 1 aromatic carbocycles. The molecule has 0 saturated heterocycles. The summed E-state index contributed by atoms with van der Waals surface area (Å²) in [5.74, 6) is 0.495. The van der Waals surface area contributed by atoms with Crippen molar-refractivity contribution in [3.63, 3.8) is 0 Å². The molecule has 0 fully saturated rings. The molecular formula is C12H14ClNO3. The Bertz CT molecular complexity index is 403. The van der Waals surface area contributed by atoms with Crippen LogP contribution in [0.15, 0.2) is 24.3 Å². The first-order valence-electron chi connectivity index (χ1n) is 5.14. The predicted molar refractivity (Wildman–Crippen MR) is 65.2 cm³/mol. The molecule has 0 aromatic heterocycles. The highest BCUT2D eigenvalue weighted by atomic mass is 35.5. The summed E-state index contributed by atoms with van der Waals surface area (Å²) in [5.41, 5.74) is 0.845. The van der Waals surface area contributed by atoms with E-state index >= 15 is 0 Å². The van der Waals surface area contributed by atoms with Crippen molar-refractivity contribution in [1.29, 1.82) is 0 Å². The largest absolute Gasteiger partial charge is 0.497 e. The first-order valence-corrected chi connectivity index (χ1v) is 5.52. The van der Waals surface area contributed by atoms with Gasteiger partial charge in [-0.05, 0) is 36.2 Å². The zero-order valence-corrected chi connectivity index (χ0v) is 10.5. The third kappa shape index (κ3) is 4.44. The third-order valence-electron chi connectivity index (χ3n) is 2.24. The van der Waals surface area contributed by atoms with Crippen molar-refractivity contribution in [2.45, 2.75) is 19.4 Å². The number of halogens is 1. The van der Waals surface area contributed by atoms with Gasteiger partial charge in [-0.25, -0.2) is 0 Å². The van der Waals surface area contributed by atoms with Crippen LogP contribution in [0.2, 0.25) is 0 Å². The molecule has 4 nitrogen and oxygen atoms in total. The molecule has 0 spiro atoms. The lowest BCUT2D eigenvalue weighted by molar-refractivity contribution is -0.124. The Kier molecular flexibility index (Phi) is 4.97. The van der Waals surface area contributed by atoms with Gasteiger partial charge in [-0.15, -0.1) is 0 Å². The summed E-state index contributed by atoms with van der Waals surface area (Å²) in [5, 5.41) is 1.93. The van der Waals surface area contributed by atoms with Gasteiger partial charge in [0.1, 0.15) is 11.8 Å². The van der Waals surface area contributed by atoms with E-state index in [9.17, 15) is 9.59 Å². The summed E-state index contributed by atoms with van der Waals surface area (Å²) >= 11 is 5.24. The second kappa shape index (κ2) is 6.25. The van der Waals surface area contributed by atoms with E-state index in [0.717, 1.165) is 11.3 Å². The first kappa shape index (κ1) is 13.5. The standard InChI is InChI=1S/C12H14ClNO3/c1-8(12(13)16)14-11(15)7-9-3-5-10(17-2)6-4-9/h3-6,8H,7H2,1-2H3,(H,14,15). The van der Waals surface area contributed by atoms with E-state index in [1.54, 1.807) is 38.3 Å². The highest BCUT2D eigenvalue weighted by molar-refractivity contribution is 6.64. The summed E-state index contributed by atoms with van der Waals surface area (Å²) in [6.45, 7) is 1.54. The molecule has 0 aliphatic heterocycles. The van der Waals surface area contributed by atoms with E-state index in [1.807, 2.05) is 0 Å². The number of benzene rings is 1. The summed E-state index contributed by atoms with van der Waals surface area (Å²) in [7, 11) is 1.58. The minimum Gasteiger partial charge on any atom is -0.497 e. The number of rotatable bonds is 5. The van der Waals surface area contributed by atoms with Gasteiger partial charge in [0.2, 0.25) is 11.1 Å². The molecule has 0 aliphatic carbocycles. The smallest absolute Gasteiger partial charge is 0.243 e. The highest BCUT2D eigenvalue weighted by Crippen LogP contribution is 2.11. The van der Waals surface area contributed by atoms with E-state index in [1.165, 1.54) is 0 Å². The molecule has 5 heteroatoms. The second-order valence-corrected chi connectivity index (χ2v) is 3.99. The van der Waals surface area contributed by atoms with Gasteiger partial charge in [-0.3, -0.25) is 9.59 Å². The van der Waals surface area contributed by atoms with Crippen molar-refractivity contribution in [1.82, 2.24) is 5.32 Å². The summed E-state index contributed by atoms with van der Waals surface area (Å²) < 4.78 is 5.01. The minimum atomic E-state index is -0.664. The molecule has 0 radical (unpaired) electrons. The molecule has 1 N–H and O–H groups in total. The molecule has 0 saturated carbocycles. The van der Waals surface area contributed by atoms with Crippen molar-refractivity contribution < 1.29 is 14.3 Å². The van der Waals surface area contributed by atoms with Gasteiger partial charge in [0.25, 0.3) is 0 Å². The SMILES string of the molecule is COc1ccc(CC(=O)NC(C)C(=O)Cl)cc1. The summed E-state index contributed by atoms with van der Waals surface area (Å²) in [6, 6.07) is 6.48. The van der Waals surface area contributed by atoms with Crippen LogP contribution < -0.4 is 10.1 Å². The Morgan fingerprint density at radius 1 is 1.35 bits per heavy atom. The Balaban J connectivity index is 2.53. The van der Waals surface area contributed by atoms with Crippen LogP contribution in [0.4, 0.5) is 0 Å². The number of hydrogen-bond acceptors (Lipinski definition) is 3. The molecule has 1 aromatic rings. The molecule has 1 atom stereocenters. The Morgan fingerprint density at radius 3 is 2.41 bits per heavy atom. The van der Waals surface area contributed by atoms with Gasteiger partial charge < -0.3 is 10.1 Å². The average Bonchev–Trinajstić information content (AvgIpc) is 2.29. The molecule has 92 valence electrons. The molecule has 1 rings (SSSR count). The average molecular weight is 256 g/mol. The zero-order valence-electron chi connectivity index (χ0n) is 9.70. The fourth-order valence-electron chi connectivity index (χ4n) is 1.28. The fraction of sp³-hybridized carbons (Fsp3) is 0.333. The number of amides is 1. The maximum absolute atomic E-state index is 11.5. The molecule has 1 unspecified atom stereocenters. The number of methoxy groups -OCH3 is 1. The monoisotopic (exact) mass is 255 g/mol. The minimum absolute atomic E-state index is 0.207. The van der Waals surface area contributed by atoms with Crippen LogP contribution in [0, 0.1) is 0 Å². The molecule has 0 aliphatic rings. The summed E-state index contributed by atoms with van der Waals surface area (Å²) in [6.07, 6.45) is 0.207. The van der Waals surface area contributed by atoms with Crippen molar-refractivity contribution in [3.05, 3.63) is 29.8 Å². The third-order valence-corrected chi connectivity index (χ3v) is 2.57. The fourth-order valence-corrected chi connectivity index (χ4v) is 1.33. The quantitative estimate of drug-likeness (QED) is 0.812. The molecular weight excluding hydrogens is 242 g/mol. The van der Waals surface area contributed by atoms with Crippen molar-refractivity contribution >= 4 is 22.8 Å². The van der Waals surface area contributed by atoms with Crippen molar-refractivity contribution in [3.8, 4) is 5.75 Å². The predicted octanol–water partition coefficient (Wildman–Crippen LogP) is 1.51. The molecule has 0 bridgehead atoms. The Morgan fingerprint density at radius 2 is 1.94 bits per heavy atom. The second-order valence-electron chi connectivity index (χ2n) is 3.62. The van der Waals surface area contributed by atoms with E-state index < -0.39 is 11.3 Å². The van der Waals surface area contributed by atoms with Crippen LogP contribution in [-0.4, -0.2) is 24.3 Å². The van der Waals surface area contributed by atoms with Crippen LogP contribution in [0.25, 0.3) is 0 Å². The number of carbonyl (C=O) groups excluding carboxylic acids is 2. The van der Waals surface area contributed by atoms with E-state index in [-0.39, 0.29) is 12.3 Å². The maximum atomic E-state index is 11.5. The highest BCUT2D eigenvalue weighted by Gasteiger charge is 2.13. The van der Waals surface area contributed by atoms with Gasteiger partial charge >= 0.3 is 0 Å². The van der Waals surface area contributed by atoms with Gasteiger partial charge in [-0.1, -0.05) is 12.1 Å². The molecule has 0 heterocycles. The summed E-state index contributed by atoms with van der Waals surface area (Å²) in [4.78, 5) is 22.3. The lowest BCUT2D eigenvalue weighted by Crippen LogP contribution is -2.37. The lowest BCUT2D eigenvalue weighted by Gasteiger charge is -2.09. The van der Waals surface area contributed by atoms with Crippen LogP contribution in [0.3, 0.4) is 0 Å². The van der Waals surface area contributed by atoms with Crippen molar-refractivity contribution in [2.24, 2.45) is 0 Å². The Hall–Kier alpha value is -1.55. The molecule has 1 amide bonds. The van der Waals surface area contributed by atoms with Gasteiger partial charge in [0.05, 0.1) is 13.5 Å². The number of hydrogen-bond donors (Lipinski definition) is 1. The maximum Gasteiger partial charge on any atom is 0.243 e. The van der Waals surface area contributed by atoms with E-state index in [0.29, 0.717) is 0 Å². The number of ether oxygens (including phenoxy) is 1. The lowest BCUT2D eigenvalue weighted by atomic mass is 10.1. The van der Waals surface area contributed by atoms with Gasteiger partial charge in [-0.2, -0.15) is 0 Å². The zero-order chi connectivity index (χ0) is 12.8. The van der Waals surface area contributed by atoms with Crippen LogP contribution >= 0.6 is 11.6 Å². The van der Waals surface area contributed by atoms with Gasteiger partial charge in [0, 0.05) is 0 Å². The number of nitrogens with one attached hydrogen (secondary N) is 1. The normalized spacial score (nSPS) is 11.7. The molecule has 17 heavy (non-hydrogen) atoms.